The molecule has 0 radical (unpaired) electrons. The molecular formula is C19H20ClNO. The second-order valence-electron chi connectivity index (χ2n) is 5.06. The number of halogens is 1. The first-order valence-corrected chi connectivity index (χ1v) is 7.88. The molecule has 1 amide bonds. The first-order chi connectivity index (χ1) is 10.7. The Morgan fingerprint density at radius 1 is 1.09 bits per heavy atom. The second-order valence-corrected chi connectivity index (χ2v) is 5.50. The third-order valence-electron chi connectivity index (χ3n) is 3.36. The highest BCUT2D eigenvalue weighted by atomic mass is 35.5. The van der Waals surface area contributed by atoms with Crippen molar-refractivity contribution in [3.8, 4) is 0 Å². The summed E-state index contributed by atoms with van der Waals surface area (Å²) in [6.45, 7) is 2.85. The van der Waals surface area contributed by atoms with E-state index in [1.54, 1.807) is 6.08 Å². The number of para-hydroxylation sites is 1. The van der Waals surface area contributed by atoms with Crippen LogP contribution in [0.2, 0.25) is 5.02 Å². The maximum Gasteiger partial charge on any atom is 0.250 e. The van der Waals surface area contributed by atoms with Gasteiger partial charge in [-0.05, 0) is 42.3 Å². The van der Waals surface area contributed by atoms with E-state index < -0.39 is 0 Å². The monoisotopic (exact) mass is 313 g/mol. The van der Waals surface area contributed by atoms with Gasteiger partial charge >= 0.3 is 0 Å². The molecule has 0 spiro atoms. The summed E-state index contributed by atoms with van der Waals surface area (Å²) in [5, 5.41) is 0.692. The molecule has 2 aromatic rings. The molecule has 0 aromatic heterocycles. The standard InChI is InChI=1S/C19H20ClNO/c1-2-3-15-21(18-7-5-4-6-8-18)19(22)14-11-16-9-12-17(20)13-10-16/h4-14H,2-3,15H2,1H3/b14-11+. The van der Waals surface area contributed by atoms with Gasteiger partial charge in [-0.2, -0.15) is 0 Å². The third kappa shape index (κ3) is 4.74. The van der Waals surface area contributed by atoms with Gasteiger partial charge in [0.05, 0.1) is 0 Å². The Balaban J connectivity index is 2.13. The third-order valence-corrected chi connectivity index (χ3v) is 3.61. The summed E-state index contributed by atoms with van der Waals surface area (Å²) in [5.41, 5.74) is 1.89. The van der Waals surface area contributed by atoms with Crippen molar-refractivity contribution in [3.63, 3.8) is 0 Å². The van der Waals surface area contributed by atoms with Crippen LogP contribution in [0.15, 0.2) is 60.7 Å². The van der Waals surface area contributed by atoms with Crippen LogP contribution in [-0.4, -0.2) is 12.5 Å². The van der Waals surface area contributed by atoms with Crippen molar-refractivity contribution in [2.75, 3.05) is 11.4 Å². The number of anilines is 1. The predicted molar refractivity (Wildman–Crippen MR) is 94.2 cm³/mol. The number of nitrogens with zero attached hydrogens (tertiary/aromatic N) is 1. The summed E-state index contributed by atoms with van der Waals surface area (Å²) in [4.78, 5) is 14.3. The van der Waals surface area contributed by atoms with Gasteiger partial charge in [0.2, 0.25) is 0 Å². The molecule has 0 saturated heterocycles. The lowest BCUT2D eigenvalue weighted by molar-refractivity contribution is -0.114. The van der Waals surface area contributed by atoms with Crippen LogP contribution in [0.5, 0.6) is 0 Å². The van der Waals surface area contributed by atoms with Gasteiger partial charge in [0.15, 0.2) is 0 Å². The molecule has 0 atom stereocenters. The molecule has 0 saturated carbocycles. The number of unbranched alkanes of at least 4 members (excludes halogenated alkanes) is 1. The smallest absolute Gasteiger partial charge is 0.250 e. The molecule has 2 nitrogen and oxygen atoms in total. The highest BCUT2D eigenvalue weighted by Gasteiger charge is 2.11. The lowest BCUT2D eigenvalue weighted by Crippen LogP contribution is -2.30. The molecule has 114 valence electrons. The molecule has 0 unspecified atom stereocenters. The first kappa shape index (κ1) is 16.3. The first-order valence-electron chi connectivity index (χ1n) is 7.51. The van der Waals surface area contributed by atoms with E-state index in [0.29, 0.717) is 5.02 Å². The Morgan fingerprint density at radius 3 is 2.41 bits per heavy atom. The Bertz CT molecular complexity index is 620. The zero-order chi connectivity index (χ0) is 15.8. The van der Waals surface area contributed by atoms with Crippen molar-refractivity contribution in [2.45, 2.75) is 19.8 Å². The number of rotatable bonds is 6. The molecule has 3 heteroatoms. The van der Waals surface area contributed by atoms with Crippen LogP contribution in [0.3, 0.4) is 0 Å². The van der Waals surface area contributed by atoms with E-state index in [2.05, 4.69) is 6.92 Å². The number of hydrogen-bond acceptors (Lipinski definition) is 1. The minimum Gasteiger partial charge on any atom is -0.309 e. The molecule has 0 heterocycles. The van der Waals surface area contributed by atoms with Crippen molar-refractivity contribution in [3.05, 3.63) is 71.3 Å². The predicted octanol–water partition coefficient (Wildman–Crippen LogP) is 5.19. The van der Waals surface area contributed by atoms with Gasteiger partial charge in [0.1, 0.15) is 0 Å². The molecule has 2 aromatic carbocycles. The molecule has 0 N–H and O–H groups in total. The largest absolute Gasteiger partial charge is 0.309 e. The fourth-order valence-electron chi connectivity index (χ4n) is 2.12. The van der Waals surface area contributed by atoms with E-state index in [4.69, 9.17) is 11.6 Å². The fourth-order valence-corrected chi connectivity index (χ4v) is 2.25. The van der Waals surface area contributed by atoms with Gasteiger partial charge in [-0.1, -0.05) is 55.3 Å². The SMILES string of the molecule is CCCCN(C(=O)/C=C/c1ccc(Cl)cc1)c1ccccc1. The topological polar surface area (TPSA) is 20.3 Å². The van der Waals surface area contributed by atoms with Gasteiger partial charge in [0.25, 0.3) is 5.91 Å². The normalized spacial score (nSPS) is 10.8. The summed E-state index contributed by atoms with van der Waals surface area (Å²) >= 11 is 5.86. The molecule has 0 bridgehead atoms. The zero-order valence-corrected chi connectivity index (χ0v) is 13.5. The second kappa shape index (κ2) is 8.40. The van der Waals surface area contributed by atoms with Crippen LogP contribution in [0.1, 0.15) is 25.3 Å². The van der Waals surface area contributed by atoms with E-state index in [9.17, 15) is 4.79 Å². The number of benzene rings is 2. The summed E-state index contributed by atoms with van der Waals surface area (Å²) < 4.78 is 0. The molecule has 0 aliphatic carbocycles. The van der Waals surface area contributed by atoms with Gasteiger partial charge in [0, 0.05) is 23.3 Å². The molecule has 22 heavy (non-hydrogen) atoms. The highest BCUT2D eigenvalue weighted by molar-refractivity contribution is 6.30. The Morgan fingerprint density at radius 2 is 1.77 bits per heavy atom. The molecule has 0 aliphatic rings. The molecular weight excluding hydrogens is 294 g/mol. The molecule has 2 rings (SSSR count). The van der Waals surface area contributed by atoms with Crippen LogP contribution in [0, 0.1) is 0 Å². The van der Waals surface area contributed by atoms with Crippen molar-refractivity contribution in [1.29, 1.82) is 0 Å². The van der Waals surface area contributed by atoms with Crippen molar-refractivity contribution in [1.82, 2.24) is 0 Å². The Labute approximate surface area is 137 Å². The van der Waals surface area contributed by atoms with E-state index in [1.165, 1.54) is 0 Å². The van der Waals surface area contributed by atoms with E-state index in [1.807, 2.05) is 65.6 Å². The van der Waals surface area contributed by atoms with Crippen molar-refractivity contribution < 1.29 is 4.79 Å². The Kier molecular flexibility index (Phi) is 6.23. The highest BCUT2D eigenvalue weighted by Crippen LogP contribution is 2.16. The number of amides is 1. The van der Waals surface area contributed by atoms with Gasteiger partial charge in [-0.15, -0.1) is 0 Å². The van der Waals surface area contributed by atoms with Gasteiger partial charge in [-0.3, -0.25) is 4.79 Å². The molecule has 0 fully saturated rings. The Hall–Kier alpha value is -2.06. The average molecular weight is 314 g/mol. The quantitative estimate of drug-likeness (QED) is 0.672. The lowest BCUT2D eigenvalue weighted by atomic mass is 10.2. The average Bonchev–Trinajstić information content (AvgIpc) is 2.55. The summed E-state index contributed by atoms with van der Waals surface area (Å²) in [6.07, 6.45) is 5.47. The van der Waals surface area contributed by atoms with Crippen LogP contribution in [-0.2, 0) is 4.79 Å². The number of hydrogen-bond donors (Lipinski definition) is 0. The van der Waals surface area contributed by atoms with Crippen LogP contribution in [0.4, 0.5) is 5.69 Å². The van der Waals surface area contributed by atoms with Gasteiger partial charge in [-0.25, -0.2) is 0 Å². The number of carbonyl (C=O) groups excluding carboxylic acids is 1. The maximum absolute atomic E-state index is 12.5. The maximum atomic E-state index is 12.5. The van der Waals surface area contributed by atoms with E-state index in [0.717, 1.165) is 30.6 Å². The van der Waals surface area contributed by atoms with Gasteiger partial charge < -0.3 is 4.90 Å². The minimum absolute atomic E-state index is 0.00500. The minimum atomic E-state index is -0.00500. The van der Waals surface area contributed by atoms with E-state index >= 15 is 0 Å². The summed E-state index contributed by atoms with van der Waals surface area (Å²) in [5.74, 6) is -0.00500. The van der Waals surface area contributed by atoms with Crippen LogP contribution >= 0.6 is 11.6 Å². The van der Waals surface area contributed by atoms with Crippen molar-refractivity contribution >= 4 is 29.3 Å². The lowest BCUT2D eigenvalue weighted by Gasteiger charge is -2.21. The molecule has 0 aliphatic heterocycles. The number of carbonyl (C=O) groups is 1. The summed E-state index contributed by atoms with van der Waals surface area (Å²) in [7, 11) is 0. The zero-order valence-electron chi connectivity index (χ0n) is 12.7. The van der Waals surface area contributed by atoms with E-state index in [-0.39, 0.29) is 5.91 Å². The van der Waals surface area contributed by atoms with Crippen molar-refractivity contribution in [2.24, 2.45) is 0 Å². The fraction of sp³-hybridized carbons (Fsp3) is 0.211. The van der Waals surface area contributed by atoms with Crippen LogP contribution < -0.4 is 4.90 Å². The summed E-state index contributed by atoms with van der Waals surface area (Å²) in [6, 6.07) is 17.2. The van der Waals surface area contributed by atoms with Crippen LogP contribution in [0.25, 0.3) is 6.08 Å².